The molecule has 3 N–H and O–H groups in total. The van der Waals surface area contributed by atoms with Crippen molar-refractivity contribution in [1.29, 1.82) is 0 Å². The van der Waals surface area contributed by atoms with E-state index in [1.807, 2.05) is 6.92 Å². The van der Waals surface area contributed by atoms with Crippen molar-refractivity contribution >= 4 is 35.0 Å². The Balaban J connectivity index is 2.13. The predicted molar refractivity (Wildman–Crippen MR) is 113 cm³/mol. The second-order valence-electron chi connectivity index (χ2n) is 6.12. The minimum Gasteiger partial charge on any atom is -0.497 e. The van der Waals surface area contributed by atoms with E-state index >= 15 is 0 Å². The summed E-state index contributed by atoms with van der Waals surface area (Å²) in [5.41, 5.74) is 7.81. The lowest BCUT2D eigenvalue weighted by Gasteiger charge is -2.13. The number of ether oxygens (including phenoxy) is 1. The minimum atomic E-state index is -0.751. The number of methoxy groups -OCH3 is 1. The molecule has 2 aromatic heterocycles. The van der Waals surface area contributed by atoms with Gasteiger partial charge in [0.15, 0.2) is 11.6 Å². The van der Waals surface area contributed by atoms with Gasteiger partial charge in [-0.2, -0.15) is 14.4 Å². The highest BCUT2D eigenvalue weighted by molar-refractivity contribution is 6.30. The summed E-state index contributed by atoms with van der Waals surface area (Å²) < 4.78 is 21.5. The summed E-state index contributed by atoms with van der Waals surface area (Å²) in [4.78, 5) is 12.9. The van der Waals surface area contributed by atoms with E-state index < -0.39 is 5.82 Å². The molecular formula is C20H20ClFN6O. The molecule has 7 nitrogen and oxygen atoms in total. The summed E-state index contributed by atoms with van der Waals surface area (Å²) in [5.74, 6) is 0.206. The first-order chi connectivity index (χ1) is 13.8. The van der Waals surface area contributed by atoms with E-state index in [0.29, 0.717) is 28.0 Å². The Bertz CT molecular complexity index is 1090. The van der Waals surface area contributed by atoms with Crippen LogP contribution in [0, 0.1) is 19.7 Å². The normalized spacial score (nSPS) is 11.4. The van der Waals surface area contributed by atoms with Gasteiger partial charge >= 0.3 is 0 Å². The molecule has 0 unspecified atom stereocenters. The molecule has 9 heteroatoms. The van der Waals surface area contributed by atoms with Gasteiger partial charge in [0.25, 0.3) is 0 Å². The number of allylic oxidation sites excluding steroid dienone is 1. The maximum absolute atomic E-state index is 14.6. The number of hydrogen-bond donors (Lipinski definition) is 2. The molecule has 3 rings (SSSR count). The largest absolute Gasteiger partial charge is 0.497 e. The number of nitrogens with one attached hydrogen (secondary N) is 1. The van der Waals surface area contributed by atoms with Crippen LogP contribution in [0.4, 0.5) is 21.7 Å². The summed E-state index contributed by atoms with van der Waals surface area (Å²) in [6, 6.07) is 6.77. The number of benzene rings is 1. The standard InChI is InChI=1S/C20H20ClFN6O/c1-5-15(29-4)10-16-11(2)24-12(3)28(16)20-26-18(23)17(22)19(27-20)25-14-8-6-13(21)7-9-14/h5-10H,1H2,2-4H3,(H3,23,25,26,27). The minimum absolute atomic E-state index is 0.0637. The molecule has 0 bridgehead atoms. The zero-order chi connectivity index (χ0) is 21.1. The zero-order valence-electron chi connectivity index (χ0n) is 16.2. The number of nitrogens with two attached hydrogens (primary N) is 1. The third-order valence-electron chi connectivity index (χ3n) is 4.15. The molecule has 29 heavy (non-hydrogen) atoms. The van der Waals surface area contributed by atoms with Gasteiger partial charge in [-0.3, -0.25) is 4.57 Å². The number of hydrogen-bond acceptors (Lipinski definition) is 6. The van der Waals surface area contributed by atoms with E-state index in [0.717, 1.165) is 5.69 Å². The fraction of sp³-hybridized carbons (Fsp3) is 0.150. The molecule has 0 radical (unpaired) electrons. The smallest absolute Gasteiger partial charge is 0.239 e. The Morgan fingerprint density at radius 2 is 1.93 bits per heavy atom. The Labute approximate surface area is 172 Å². The molecule has 0 saturated heterocycles. The monoisotopic (exact) mass is 414 g/mol. The number of rotatable bonds is 6. The maximum atomic E-state index is 14.6. The lowest BCUT2D eigenvalue weighted by Crippen LogP contribution is -2.12. The van der Waals surface area contributed by atoms with Crippen molar-refractivity contribution in [3.05, 3.63) is 70.7 Å². The number of aromatic nitrogens is 4. The van der Waals surface area contributed by atoms with Gasteiger partial charge in [-0.15, -0.1) is 0 Å². The average molecular weight is 415 g/mol. The number of imidazole rings is 1. The van der Waals surface area contributed by atoms with E-state index in [2.05, 4.69) is 26.8 Å². The Hall–Kier alpha value is -3.39. The van der Waals surface area contributed by atoms with Crippen LogP contribution in [-0.2, 0) is 4.74 Å². The van der Waals surface area contributed by atoms with Crippen molar-refractivity contribution < 1.29 is 9.13 Å². The fourth-order valence-corrected chi connectivity index (χ4v) is 2.87. The molecule has 0 aliphatic carbocycles. The van der Waals surface area contributed by atoms with Crippen LogP contribution in [-0.4, -0.2) is 26.6 Å². The lowest BCUT2D eigenvalue weighted by atomic mass is 10.3. The van der Waals surface area contributed by atoms with Crippen molar-refractivity contribution in [1.82, 2.24) is 19.5 Å². The topological polar surface area (TPSA) is 90.9 Å². The van der Waals surface area contributed by atoms with Gasteiger partial charge in [-0.25, -0.2) is 4.98 Å². The van der Waals surface area contributed by atoms with Crippen LogP contribution < -0.4 is 11.1 Å². The van der Waals surface area contributed by atoms with Crippen LogP contribution in [0.5, 0.6) is 0 Å². The predicted octanol–water partition coefficient (Wildman–Crippen LogP) is 4.57. The van der Waals surface area contributed by atoms with Crippen molar-refractivity contribution in [2.75, 3.05) is 18.2 Å². The number of halogens is 2. The quantitative estimate of drug-likeness (QED) is 0.453. The van der Waals surface area contributed by atoms with Gasteiger partial charge in [-0.05, 0) is 44.2 Å². The molecule has 0 atom stereocenters. The molecular weight excluding hydrogens is 395 g/mol. The number of anilines is 3. The van der Waals surface area contributed by atoms with Gasteiger partial charge in [0.2, 0.25) is 11.8 Å². The molecule has 0 amide bonds. The maximum Gasteiger partial charge on any atom is 0.239 e. The molecule has 0 aliphatic heterocycles. The van der Waals surface area contributed by atoms with Crippen LogP contribution in [0.25, 0.3) is 12.0 Å². The van der Waals surface area contributed by atoms with Gasteiger partial charge in [0, 0.05) is 16.8 Å². The van der Waals surface area contributed by atoms with Crippen molar-refractivity contribution in [2.45, 2.75) is 13.8 Å². The highest BCUT2D eigenvalue weighted by atomic mass is 35.5. The molecule has 1 aromatic carbocycles. The first-order valence-electron chi connectivity index (χ1n) is 8.64. The zero-order valence-corrected chi connectivity index (χ0v) is 17.0. The summed E-state index contributed by atoms with van der Waals surface area (Å²) in [5, 5.41) is 3.47. The molecule has 3 aromatic rings. The number of nitrogen functional groups attached to an aromatic ring is 1. The van der Waals surface area contributed by atoms with Gasteiger partial charge in [0.05, 0.1) is 18.5 Å². The SMILES string of the molecule is C=CC(=Cc1c(C)nc(C)n1-c1nc(N)c(F)c(Nc2ccc(Cl)cc2)n1)OC. The summed E-state index contributed by atoms with van der Waals surface area (Å²) in [6.45, 7) is 7.35. The van der Waals surface area contributed by atoms with Crippen LogP contribution in [0.3, 0.4) is 0 Å². The van der Waals surface area contributed by atoms with Gasteiger partial charge in [-0.1, -0.05) is 18.2 Å². The van der Waals surface area contributed by atoms with E-state index in [1.54, 1.807) is 47.9 Å². The second-order valence-corrected chi connectivity index (χ2v) is 6.56. The Morgan fingerprint density at radius 3 is 2.55 bits per heavy atom. The molecule has 0 aliphatic rings. The van der Waals surface area contributed by atoms with E-state index in [1.165, 1.54) is 7.11 Å². The summed E-state index contributed by atoms with van der Waals surface area (Å²) >= 11 is 5.90. The van der Waals surface area contributed by atoms with Gasteiger partial charge in [0.1, 0.15) is 11.6 Å². The Kier molecular flexibility index (Phi) is 5.84. The molecule has 2 heterocycles. The third-order valence-corrected chi connectivity index (χ3v) is 4.40. The fourth-order valence-electron chi connectivity index (χ4n) is 2.75. The van der Waals surface area contributed by atoms with Crippen LogP contribution in [0.15, 0.2) is 42.7 Å². The molecule has 0 fully saturated rings. The number of aryl methyl sites for hydroxylation is 2. The van der Waals surface area contributed by atoms with Gasteiger partial charge < -0.3 is 15.8 Å². The summed E-state index contributed by atoms with van der Waals surface area (Å²) in [6.07, 6.45) is 3.32. The van der Waals surface area contributed by atoms with Crippen LogP contribution in [0.2, 0.25) is 5.02 Å². The van der Waals surface area contributed by atoms with E-state index in [4.69, 9.17) is 22.1 Å². The highest BCUT2D eigenvalue weighted by Crippen LogP contribution is 2.26. The molecule has 0 saturated carbocycles. The molecule has 150 valence electrons. The average Bonchev–Trinajstić information content (AvgIpc) is 2.97. The number of nitrogens with zero attached hydrogens (tertiary/aromatic N) is 4. The second kappa shape index (κ2) is 8.32. The highest BCUT2D eigenvalue weighted by Gasteiger charge is 2.19. The Morgan fingerprint density at radius 1 is 1.24 bits per heavy atom. The first-order valence-corrected chi connectivity index (χ1v) is 9.02. The van der Waals surface area contributed by atoms with E-state index in [-0.39, 0.29) is 17.6 Å². The van der Waals surface area contributed by atoms with Crippen LogP contribution >= 0.6 is 11.6 Å². The summed E-state index contributed by atoms with van der Waals surface area (Å²) in [7, 11) is 1.54. The van der Waals surface area contributed by atoms with Crippen molar-refractivity contribution in [2.24, 2.45) is 0 Å². The van der Waals surface area contributed by atoms with Crippen molar-refractivity contribution in [3.63, 3.8) is 0 Å². The molecule has 0 spiro atoms. The lowest BCUT2D eigenvalue weighted by molar-refractivity contribution is 0.310. The third kappa shape index (κ3) is 4.22. The van der Waals surface area contributed by atoms with E-state index in [9.17, 15) is 4.39 Å². The van der Waals surface area contributed by atoms with Crippen molar-refractivity contribution in [3.8, 4) is 5.95 Å². The van der Waals surface area contributed by atoms with Crippen LogP contribution in [0.1, 0.15) is 17.2 Å². The first kappa shape index (κ1) is 20.3.